The van der Waals surface area contributed by atoms with E-state index >= 15 is 0 Å². The van der Waals surface area contributed by atoms with Gasteiger partial charge < -0.3 is 9.84 Å². The molecular weight excluding hydrogens is 294 g/mol. The molecule has 0 saturated heterocycles. The highest BCUT2D eigenvalue weighted by Crippen LogP contribution is 2.12. The van der Waals surface area contributed by atoms with Crippen molar-refractivity contribution >= 4 is 17.9 Å². The zero-order valence-corrected chi connectivity index (χ0v) is 11.4. The fourth-order valence-electron chi connectivity index (χ4n) is 1.47. The van der Waals surface area contributed by atoms with E-state index in [4.69, 9.17) is 0 Å². The van der Waals surface area contributed by atoms with E-state index in [1.807, 2.05) is 0 Å². The topological polar surface area (TPSA) is 136 Å². The van der Waals surface area contributed by atoms with Gasteiger partial charge in [0.1, 0.15) is 0 Å². The fourth-order valence-corrected chi connectivity index (χ4v) is 1.47. The van der Waals surface area contributed by atoms with Gasteiger partial charge in [-0.1, -0.05) is 0 Å². The van der Waals surface area contributed by atoms with Gasteiger partial charge in [-0.2, -0.15) is 5.10 Å². The molecule has 0 amide bonds. The Morgan fingerprint density at radius 2 is 2.14 bits per heavy atom. The molecule has 0 radical (unpaired) electrons. The number of hydrogen-bond donors (Lipinski definition) is 0. The van der Waals surface area contributed by atoms with E-state index in [0.29, 0.717) is 10.4 Å². The van der Waals surface area contributed by atoms with Crippen LogP contribution in [-0.4, -0.2) is 38.8 Å². The normalized spacial score (nSPS) is 10.8. The zero-order valence-electron chi connectivity index (χ0n) is 11.4. The predicted molar refractivity (Wildman–Crippen MR) is 71.5 cm³/mol. The quantitative estimate of drug-likeness (QED) is 0.336. The summed E-state index contributed by atoms with van der Waals surface area (Å²) in [4.78, 5) is 22.0. The number of nitro benzene ring substituents is 1. The lowest BCUT2D eigenvalue weighted by molar-refractivity contribution is -0.384. The molecule has 1 aromatic heterocycles. The molecule has 0 bridgehead atoms. The van der Waals surface area contributed by atoms with Gasteiger partial charge in [0, 0.05) is 18.0 Å². The molecule has 1 heterocycles. The molecule has 0 N–H and O–H groups in total. The second kappa shape index (κ2) is 6.43. The van der Waals surface area contributed by atoms with Crippen LogP contribution in [0.5, 0.6) is 5.88 Å². The molecule has 2 rings (SSSR count). The van der Waals surface area contributed by atoms with Crippen LogP contribution in [0.25, 0.3) is 0 Å². The maximum Gasteiger partial charge on any atom is 0.359 e. The van der Waals surface area contributed by atoms with Crippen LogP contribution in [0.2, 0.25) is 0 Å². The van der Waals surface area contributed by atoms with Gasteiger partial charge in [-0.15, -0.1) is 9.89 Å². The van der Waals surface area contributed by atoms with Gasteiger partial charge in [0.25, 0.3) is 5.69 Å². The molecule has 0 aliphatic heterocycles. The molecule has 10 nitrogen and oxygen atoms in total. The molecule has 1 aromatic carbocycles. The third-order valence-electron chi connectivity index (χ3n) is 2.50. The molecule has 0 aliphatic rings. The van der Waals surface area contributed by atoms with Crippen molar-refractivity contribution in [2.45, 2.75) is 6.92 Å². The minimum absolute atomic E-state index is 0.0629. The van der Waals surface area contributed by atoms with E-state index in [0.717, 1.165) is 0 Å². The van der Waals surface area contributed by atoms with Gasteiger partial charge in [0.05, 0.1) is 17.7 Å². The van der Waals surface area contributed by atoms with Crippen molar-refractivity contribution in [3.05, 3.63) is 45.6 Å². The van der Waals surface area contributed by atoms with Crippen LogP contribution in [0.4, 0.5) is 5.69 Å². The van der Waals surface area contributed by atoms with Gasteiger partial charge in [-0.3, -0.25) is 10.1 Å². The van der Waals surface area contributed by atoms with E-state index in [1.54, 1.807) is 6.92 Å². The van der Waals surface area contributed by atoms with Crippen LogP contribution in [-0.2, 0) is 4.74 Å². The third-order valence-corrected chi connectivity index (χ3v) is 2.50. The molecule has 0 aliphatic carbocycles. The van der Waals surface area contributed by atoms with Crippen LogP contribution in [0.1, 0.15) is 23.0 Å². The lowest BCUT2D eigenvalue weighted by atomic mass is 10.2. The van der Waals surface area contributed by atoms with Crippen LogP contribution in [0, 0.1) is 10.1 Å². The Morgan fingerprint density at radius 3 is 2.73 bits per heavy atom. The molecule has 0 fully saturated rings. The molecule has 0 spiro atoms. The van der Waals surface area contributed by atoms with E-state index in [1.165, 1.54) is 30.5 Å². The number of benzene rings is 1. The number of carbonyl (C=O) groups excluding carboxylic acids is 1. The number of esters is 1. The van der Waals surface area contributed by atoms with Crippen molar-refractivity contribution < 1.29 is 19.6 Å². The number of rotatable bonds is 5. The van der Waals surface area contributed by atoms with Crippen molar-refractivity contribution in [3.8, 4) is 5.88 Å². The molecule has 10 heteroatoms. The second-order valence-electron chi connectivity index (χ2n) is 3.95. The van der Waals surface area contributed by atoms with Gasteiger partial charge >= 0.3 is 5.97 Å². The van der Waals surface area contributed by atoms with Crippen molar-refractivity contribution in [3.63, 3.8) is 0 Å². The Kier molecular flexibility index (Phi) is 4.41. The average Bonchev–Trinajstić information content (AvgIpc) is 2.87. The van der Waals surface area contributed by atoms with Gasteiger partial charge in [-0.25, -0.2) is 4.79 Å². The Bertz CT molecular complexity index is 722. The van der Waals surface area contributed by atoms with Gasteiger partial charge in [0.15, 0.2) is 5.69 Å². The minimum atomic E-state index is -0.871. The first-order valence-corrected chi connectivity index (χ1v) is 6.11. The second-order valence-corrected chi connectivity index (χ2v) is 3.95. The SMILES string of the molecule is CCOC(=O)c1nnn(/N=C/c2ccc([N+](=O)[O-])cc2)c1[O-]. The molecule has 0 saturated carbocycles. The standard InChI is InChI=1S/C12H11N5O5/c1-2-22-12(19)10-11(18)16(15-14-10)13-7-8-3-5-9(6-4-8)17(20)21/h3-7,18H,2H2,1H3/p-1/b13-7+. The van der Waals surface area contributed by atoms with E-state index in [2.05, 4.69) is 20.2 Å². The average molecular weight is 304 g/mol. The number of nitrogens with zero attached hydrogens (tertiary/aromatic N) is 5. The first kappa shape index (κ1) is 15.1. The summed E-state index contributed by atoms with van der Waals surface area (Å²) in [5.74, 6) is -1.68. The fraction of sp³-hybridized carbons (Fsp3) is 0.167. The van der Waals surface area contributed by atoms with E-state index in [-0.39, 0.29) is 12.3 Å². The van der Waals surface area contributed by atoms with E-state index in [9.17, 15) is 20.0 Å². The molecule has 114 valence electrons. The number of carbonyl (C=O) groups is 1. The highest BCUT2D eigenvalue weighted by atomic mass is 16.6. The van der Waals surface area contributed by atoms with Crippen molar-refractivity contribution in [1.82, 2.24) is 15.1 Å². The summed E-state index contributed by atoms with van der Waals surface area (Å²) in [5.41, 5.74) is -0.00657. The number of hydrogen-bond acceptors (Lipinski definition) is 8. The van der Waals surface area contributed by atoms with Gasteiger partial charge in [-0.05, 0) is 29.8 Å². The predicted octanol–water partition coefficient (Wildman–Crippen LogP) is 0.319. The molecular formula is C12H10N5O5-. The number of aromatic nitrogens is 3. The van der Waals surface area contributed by atoms with E-state index < -0.39 is 22.5 Å². The Hall–Kier alpha value is -3.30. The summed E-state index contributed by atoms with van der Waals surface area (Å²) in [6.45, 7) is 1.71. The van der Waals surface area contributed by atoms with Crippen LogP contribution in [0.3, 0.4) is 0 Å². The number of ether oxygens (including phenoxy) is 1. The summed E-state index contributed by atoms with van der Waals surface area (Å²) in [6, 6.07) is 5.50. The van der Waals surface area contributed by atoms with Crippen LogP contribution < -0.4 is 5.11 Å². The lowest BCUT2D eigenvalue weighted by Crippen LogP contribution is -2.10. The highest BCUT2D eigenvalue weighted by Gasteiger charge is 2.14. The first-order chi connectivity index (χ1) is 10.5. The Balaban J connectivity index is 2.16. The maximum atomic E-state index is 11.8. The summed E-state index contributed by atoms with van der Waals surface area (Å²) < 4.78 is 4.65. The highest BCUT2D eigenvalue weighted by molar-refractivity contribution is 5.89. The van der Waals surface area contributed by atoms with Crippen LogP contribution in [0.15, 0.2) is 29.4 Å². The Labute approximate surface area is 123 Å². The molecule has 0 unspecified atom stereocenters. The number of non-ortho nitro benzene ring substituents is 1. The monoisotopic (exact) mass is 304 g/mol. The summed E-state index contributed by atoms with van der Waals surface area (Å²) in [5, 5.41) is 32.9. The summed E-state index contributed by atoms with van der Waals surface area (Å²) >= 11 is 0. The Morgan fingerprint density at radius 1 is 1.45 bits per heavy atom. The minimum Gasteiger partial charge on any atom is -0.856 e. The largest absolute Gasteiger partial charge is 0.856 e. The maximum absolute atomic E-state index is 11.8. The number of nitro groups is 1. The zero-order chi connectivity index (χ0) is 16.1. The van der Waals surface area contributed by atoms with Crippen LogP contribution >= 0.6 is 0 Å². The van der Waals surface area contributed by atoms with Crippen molar-refractivity contribution in [2.24, 2.45) is 5.10 Å². The molecule has 22 heavy (non-hydrogen) atoms. The lowest BCUT2D eigenvalue weighted by Gasteiger charge is -2.05. The van der Waals surface area contributed by atoms with Gasteiger partial charge in [0.2, 0.25) is 0 Å². The molecule has 0 atom stereocenters. The summed E-state index contributed by atoms with van der Waals surface area (Å²) in [7, 11) is 0. The summed E-state index contributed by atoms with van der Waals surface area (Å²) in [6.07, 6.45) is 1.26. The molecule has 2 aromatic rings. The van der Waals surface area contributed by atoms with Crippen molar-refractivity contribution in [1.29, 1.82) is 0 Å². The van der Waals surface area contributed by atoms with Crippen molar-refractivity contribution in [2.75, 3.05) is 6.61 Å². The smallest absolute Gasteiger partial charge is 0.359 e. The first-order valence-electron chi connectivity index (χ1n) is 6.11. The third kappa shape index (κ3) is 3.23.